The van der Waals surface area contributed by atoms with Crippen LogP contribution in [-0.2, 0) is 6.54 Å². The summed E-state index contributed by atoms with van der Waals surface area (Å²) in [7, 11) is 1.66. The van der Waals surface area contributed by atoms with E-state index in [-0.39, 0.29) is 0 Å². The van der Waals surface area contributed by atoms with Crippen molar-refractivity contribution in [3.8, 4) is 5.75 Å². The van der Waals surface area contributed by atoms with Crippen molar-refractivity contribution < 1.29 is 4.74 Å². The Kier molecular flexibility index (Phi) is 4.23. The summed E-state index contributed by atoms with van der Waals surface area (Å²) in [5, 5.41) is 1.71. The van der Waals surface area contributed by atoms with Gasteiger partial charge in [-0.2, -0.15) is 0 Å². The SMILES string of the molecule is COc1ccc(Br)c(CN(N)c2ccccc2)c1. The van der Waals surface area contributed by atoms with E-state index in [1.54, 1.807) is 12.1 Å². The van der Waals surface area contributed by atoms with Crippen LogP contribution < -0.4 is 15.6 Å². The molecule has 0 bridgehead atoms. The molecule has 0 aliphatic carbocycles. The van der Waals surface area contributed by atoms with E-state index in [1.165, 1.54) is 0 Å². The van der Waals surface area contributed by atoms with E-state index in [0.29, 0.717) is 6.54 Å². The molecule has 0 amide bonds. The number of hydrogen-bond donors (Lipinski definition) is 1. The third-order valence-corrected chi connectivity index (χ3v) is 3.46. The molecule has 2 aromatic carbocycles. The monoisotopic (exact) mass is 306 g/mol. The molecule has 18 heavy (non-hydrogen) atoms. The van der Waals surface area contributed by atoms with Gasteiger partial charge < -0.3 is 9.75 Å². The van der Waals surface area contributed by atoms with E-state index in [9.17, 15) is 0 Å². The van der Waals surface area contributed by atoms with E-state index >= 15 is 0 Å². The summed E-state index contributed by atoms with van der Waals surface area (Å²) in [6, 6.07) is 15.7. The predicted molar refractivity (Wildman–Crippen MR) is 77.5 cm³/mol. The highest BCUT2D eigenvalue weighted by Gasteiger charge is 2.07. The van der Waals surface area contributed by atoms with Crippen molar-refractivity contribution in [2.75, 3.05) is 12.1 Å². The van der Waals surface area contributed by atoms with Gasteiger partial charge in [0.25, 0.3) is 0 Å². The summed E-state index contributed by atoms with van der Waals surface area (Å²) in [5.41, 5.74) is 2.06. The normalized spacial score (nSPS) is 10.2. The molecule has 0 aliphatic heterocycles. The second-order valence-electron chi connectivity index (χ2n) is 3.92. The van der Waals surface area contributed by atoms with Crippen molar-refractivity contribution in [3.05, 3.63) is 58.6 Å². The second-order valence-corrected chi connectivity index (χ2v) is 4.78. The Labute approximate surface area is 115 Å². The van der Waals surface area contributed by atoms with Crippen LogP contribution in [0.5, 0.6) is 5.75 Å². The lowest BCUT2D eigenvalue weighted by Crippen LogP contribution is -2.30. The van der Waals surface area contributed by atoms with Crippen molar-refractivity contribution in [2.24, 2.45) is 5.84 Å². The minimum Gasteiger partial charge on any atom is -0.497 e. The van der Waals surface area contributed by atoms with Gasteiger partial charge in [0.2, 0.25) is 0 Å². The molecule has 0 fully saturated rings. The number of halogens is 1. The minimum atomic E-state index is 0.613. The minimum absolute atomic E-state index is 0.613. The summed E-state index contributed by atoms with van der Waals surface area (Å²) in [6.45, 7) is 0.613. The van der Waals surface area contributed by atoms with E-state index < -0.39 is 0 Å². The van der Waals surface area contributed by atoms with Crippen LogP contribution in [0.25, 0.3) is 0 Å². The van der Waals surface area contributed by atoms with Gasteiger partial charge in [-0.1, -0.05) is 34.1 Å². The van der Waals surface area contributed by atoms with Crippen LogP contribution in [0.2, 0.25) is 0 Å². The van der Waals surface area contributed by atoms with E-state index in [4.69, 9.17) is 10.6 Å². The topological polar surface area (TPSA) is 38.5 Å². The summed E-state index contributed by atoms with van der Waals surface area (Å²) < 4.78 is 6.24. The number of ether oxygens (including phenoxy) is 1. The zero-order valence-electron chi connectivity index (χ0n) is 10.1. The molecule has 4 heteroatoms. The Morgan fingerprint density at radius 1 is 1.17 bits per heavy atom. The van der Waals surface area contributed by atoms with Crippen LogP contribution >= 0.6 is 15.9 Å². The molecule has 3 nitrogen and oxygen atoms in total. The van der Waals surface area contributed by atoms with E-state index in [0.717, 1.165) is 21.5 Å². The molecule has 2 N–H and O–H groups in total. The fraction of sp³-hybridized carbons (Fsp3) is 0.143. The van der Waals surface area contributed by atoms with Crippen molar-refractivity contribution >= 4 is 21.6 Å². The van der Waals surface area contributed by atoms with Gasteiger partial charge in [-0.15, -0.1) is 0 Å². The Hall–Kier alpha value is -1.52. The van der Waals surface area contributed by atoms with Gasteiger partial charge in [0.05, 0.1) is 19.3 Å². The molecule has 94 valence electrons. The molecular weight excluding hydrogens is 292 g/mol. The molecule has 0 heterocycles. The first-order chi connectivity index (χ1) is 8.70. The lowest BCUT2D eigenvalue weighted by atomic mass is 10.2. The van der Waals surface area contributed by atoms with Gasteiger partial charge in [0, 0.05) is 4.47 Å². The number of nitrogens with zero attached hydrogens (tertiary/aromatic N) is 1. The first-order valence-corrected chi connectivity index (χ1v) is 6.39. The number of nitrogens with two attached hydrogens (primary N) is 1. The zero-order valence-corrected chi connectivity index (χ0v) is 11.7. The number of methoxy groups -OCH3 is 1. The molecule has 0 saturated carbocycles. The highest BCUT2D eigenvalue weighted by molar-refractivity contribution is 9.10. The van der Waals surface area contributed by atoms with Crippen LogP contribution in [0, 0.1) is 0 Å². The lowest BCUT2D eigenvalue weighted by Gasteiger charge is -2.19. The zero-order chi connectivity index (χ0) is 13.0. The van der Waals surface area contributed by atoms with Crippen molar-refractivity contribution in [1.29, 1.82) is 0 Å². The molecule has 0 radical (unpaired) electrons. The second kappa shape index (κ2) is 5.89. The summed E-state index contributed by atoms with van der Waals surface area (Å²) in [5.74, 6) is 6.89. The number of anilines is 1. The molecule has 0 aliphatic rings. The molecule has 0 aromatic heterocycles. The number of para-hydroxylation sites is 1. The standard InChI is InChI=1S/C14H15BrN2O/c1-18-13-7-8-14(15)11(9-13)10-17(16)12-5-3-2-4-6-12/h2-9H,10,16H2,1H3. The van der Waals surface area contributed by atoms with Crippen molar-refractivity contribution in [1.82, 2.24) is 0 Å². The Bertz CT molecular complexity index is 516. The van der Waals surface area contributed by atoms with Crippen LogP contribution in [0.1, 0.15) is 5.56 Å². The average Bonchev–Trinajstić information content (AvgIpc) is 2.42. The van der Waals surface area contributed by atoms with Gasteiger partial charge in [0.1, 0.15) is 5.75 Å². The van der Waals surface area contributed by atoms with E-state index in [2.05, 4.69) is 15.9 Å². The molecule has 0 unspecified atom stereocenters. The summed E-state index contributed by atoms with van der Waals surface area (Å²) in [4.78, 5) is 0. The van der Waals surface area contributed by atoms with Gasteiger partial charge in [-0.3, -0.25) is 0 Å². The Morgan fingerprint density at radius 3 is 2.56 bits per heavy atom. The third kappa shape index (κ3) is 3.03. The first kappa shape index (κ1) is 12.9. The number of benzene rings is 2. The largest absolute Gasteiger partial charge is 0.497 e. The molecule has 2 rings (SSSR count). The lowest BCUT2D eigenvalue weighted by molar-refractivity contribution is 0.414. The van der Waals surface area contributed by atoms with Gasteiger partial charge in [0.15, 0.2) is 0 Å². The molecule has 0 saturated heterocycles. The van der Waals surface area contributed by atoms with E-state index in [1.807, 2.05) is 48.5 Å². The molecular formula is C14H15BrN2O. The average molecular weight is 307 g/mol. The number of hydrazine groups is 1. The van der Waals surface area contributed by atoms with Crippen molar-refractivity contribution in [3.63, 3.8) is 0 Å². The first-order valence-electron chi connectivity index (χ1n) is 5.60. The quantitative estimate of drug-likeness (QED) is 0.695. The Balaban J connectivity index is 2.18. The molecule has 0 spiro atoms. The molecule has 2 aromatic rings. The highest BCUT2D eigenvalue weighted by atomic mass is 79.9. The summed E-state index contributed by atoms with van der Waals surface area (Å²) in [6.07, 6.45) is 0. The van der Waals surface area contributed by atoms with Crippen LogP contribution in [0.3, 0.4) is 0 Å². The maximum Gasteiger partial charge on any atom is 0.119 e. The maximum atomic E-state index is 6.06. The third-order valence-electron chi connectivity index (χ3n) is 2.68. The Morgan fingerprint density at radius 2 is 1.89 bits per heavy atom. The summed E-state index contributed by atoms with van der Waals surface area (Å²) >= 11 is 3.52. The fourth-order valence-electron chi connectivity index (χ4n) is 1.69. The number of rotatable bonds is 4. The van der Waals surface area contributed by atoms with Gasteiger partial charge in [-0.25, -0.2) is 5.84 Å². The predicted octanol–water partition coefficient (Wildman–Crippen LogP) is 3.34. The van der Waals surface area contributed by atoms with Crippen LogP contribution in [0.4, 0.5) is 5.69 Å². The maximum absolute atomic E-state index is 6.06. The highest BCUT2D eigenvalue weighted by Crippen LogP contribution is 2.24. The fourth-order valence-corrected chi connectivity index (χ4v) is 2.07. The van der Waals surface area contributed by atoms with Crippen LogP contribution in [0.15, 0.2) is 53.0 Å². The van der Waals surface area contributed by atoms with Gasteiger partial charge in [-0.05, 0) is 35.9 Å². The smallest absolute Gasteiger partial charge is 0.119 e. The molecule has 0 atom stereocenters. The van der Waals surface area contributed by atoms with Crippen molar-refractivity contribution in [2.45, 2.75) is 6.54 Å². The number of hydrogen-bond acceptors (Lipinski definition) is 3. The van der Waals surface area contributed by atoms with Gasteiger partial charge >= 0.3 is 0 Å². The van der Waals surface area contributed by atoms with Crippen LogP contribution in [-0.4, -0.2) is 7.11 Å².